The van der Waals surface area contributed by atoms with Crippen molar-refractivity contribution >= 4 is 15.9 Å². The van der Waals surface area contributed by atoms with Crippen LogP contribution in [-0.2, 0) is 0 Å². The van der Waals surface area contributed by atoms with Crippen LogP contribution in [0.4, 0.5) is 4.39 Å². The van der Waals surface area contributed by atoms with Crippen molar-refractivity contribution in [2.45, 2.75) is 39.2 Å². The lowest BCUT2D eigenvalue weighted by Crippen LogP contribution is -2.32. The van der Waals surface area contributed by atoms with E-state index in [1.165, 1.54) is 25.3 Å². The van der Waals surface area contributed by atoms with E-state index in [0.29, 0.717) is 21.6 Å². The molecule has 2 atom stereocenters. The number of methoxy groups -OCH3 is 1. The zero-order chi connectivity index (χ0) is 14.9. The summed E-state index contributed by atoms with van der Waals surface area (Å²) in [6.45, 7) is 4.64. The molecule has 0 heterocycles. The quantitative estimate of drug-likeness (QED) is 0.856. The van der Waals surface area contributed by atoms with E-state index in [9.17, 15) is 4.39 Å². The normalized spacial score (nSPS) is 22.8. The molecule has 1 saturated carbocycles. The largest absolute Gasteiger partial charge is 0.496 e. The standard InChI is InChI=1S/C16H23BrFNO/c1-16(2)7-5-6-11(16)15(19-3)10-8-12(17)13(18)9-14(10)20-4/h8-9,11,15,19H,5-7H2,1-4H3. The van der Waals surface area contributed by atoms with Crippen molar-refractivity contribution in [3.05, 3.63) is 28.0 Å². The molecule has 2 nitrogen and oxygen atoms in total. The van der Waals surface area contributed by atoms with Crippen LogP contribution in [0.15, 0.2) is 16.6 Å². The Morgan fingerprint density at radius 3 is 2.65 bits per heavy atom. The highest BCUT2D eigenvalue weighted by Crippen LogP contribution is 2.50. The van der Waals surface area contributed by atoms with Crippen LogP contribution in [0, 0.1) is 17.2 Å². The van der Waals surface area contributed by atoms with E-state index >= 15 is 0 Å². The third kappa shape index (κ3) is 2.86. The monoisotopic (exact) mass is 343 g/mol. The van der Waals surface area contributed by atoms with Crippen LogP contribution in [0.3, 0.4) is 0 Å². The number of hydrogen-bond acceptors (Lipinski definition) is 2. The second kappa shape index (κ2) is 6.02. The molecular formula is C16H23BrFNO. The van der Waals surface area contributed by atoms with E-state index in [0.717, 1.165) is 5.56 Å². The van der Waals surface area contributed by atoms with Gasteiger partial charge in [0.1, 0.15) is 11.6 Å². The smallest absolute Gasteiger partial charge is 0.141 e. The fourth-order valence-corrected chi connectivity index (χ4v) is 3.87. The Kier molecular flexibility index (Phi) is 4.75. The summed E-state index contributed by atoms with van der Waals surface area (Å²) in [5, 5.41) is 3.41. The molecule has 1 aromatic rings. The van der Waals surface area contributed by atoms with Crippen LogP contribution >= 0.6 is 15.9 Å². The lowest BCUT2D eigenvalue weighted by atomic mass is 9.75. The zero-order valence-electron chi connectivity index (χ0n) is 12.6. The Labute approximate surface area is 129 Å². The fraction of sp³-hybridized carbons (Fsp3) is 0.625. The number of hydrogen-bond donors (Lipinski definition) is 1. The number of halogens is 2. The molecule has 0 bridgehead atoms. The Bertz CT molecular complexity index is 490. The van der Waals surface area contributed by atoms with Crippen molar-refractivity contribution in [1.29, 1.82) is 0 Å². The number of benzene rings is 1. The molecule has 0 saturated heterocycles. The second-order valence-electron chi connectivity index (χ2n) is 6.26. The minimum Gasteiger partial charge on any atom is -0.496 e. The first-order valence-corrected chi connectivity index (χ1v) is 7.90. The maximum Gasteiger partial charge on any atom is 0.141 e. The summed E-state index contributed by atoms with van der Waals surface area (Å²) >= 11 is 3.29. The molecule has 1 fully saturated rings. The van der Waals surface area contributed by atoms with Crippen LogP contribution in [-0.4, -0.2) is 14.2 Å². The Hall–Kier alpha value is -0.610. The van der Waals surface area contributed by atoms with Gasteiger partial charge in [0.05, 0.1) is 11.6 Å². The average Bonchev–Trinajstić information content (AvgIpc) is 2.74. The van der Waals surface area contributed by atoms with Gasteiger partial charge in [0.25, 0.3) is 0 Å². The molecule has 0 aliphatic heterocycles. The van der Waals surface area contributed by atoms with E-state index in [2.05, 4.69) is 35.1 Å². The van der Waals surface area contributed by atoms with Crippen LogP contribution in [0.25, 0.3) is 0 Å². The van der Waals surface area contributed by atoms with Crippen molar-refractivity contribution in [1.82, 2.24) is 5.32 Å². The lowest BCUT2D eigenvalue weighted by Gasteiger charge is -2.35. The number of nitrogens with one attached hydrogen (secondary N) is 1. The Morgan fingerprint density at radius 1 is 1.45 bits per heavy atom. The first kappa shape index (κ1) is 15.8. The van der Waals surface area contributed by atoms with Crippen molar-refractivity contribution in [2.75, 3.05) is 14.2 Å². The van der Waals surface area contributed by atoms with Gasteiger partial charge >= 0.3 is 0 Å². The predicted molar refractivity (Wildman–Crippen MR) is 83.6 cm³/mol. The first-order chi connectivity index (χ1) is 9.40. The highest BCUT2D eigenvalue weighted by molar-refractivity contribution is 9.10. The zero-order valence-corrected chi connectivity index (χ0v) is 14.2. The van der Waals surface area contributed by atoms with Gasteiger partial charge in [0, 0.05) is 17.7 Å². The molecule has 1 aliphatic carbocycles. The number of rotatable bonds is 4. The molecule has 1 N–H and O–H groups in total. The van der Waals surface area contributed by atoms with E-state index in [1.807, 2.05) is 13.1 Å². The topological polar surface area (TPSA) is 21.3 Å². The van der Waals surface area contributed by atoms with Gasteiger partial charge in [-0.1, -0.05) is 20.3 Å². The number of ether oxygens (including phenoxy) is 1. The van der Waals surface area contributed by atoms with Gasteiger partial charge in [0.15, 0.2) is 0 Å². The highest BCUT2D eigenvalue weighted by Gasteiger charge is 2.40. The first-order valence-electron chi connectivity index (χ1n) is 7.11. The van der Waals surface area contributed by atoms with E-state index < -0.39 is 0 Å². The summed E-state index contributed by atoms with van der Waals surface area (Å²) in [6, 6.07) is 3.49. The summed E-state index contributed by atoms with van der Waals surface area (Å²) in [6.07, 6.45) is 3.68. The third-order valence-corrected chi connectivity index (χ3v) is 5.27. The molecule has 0 radical (unpaired) electrons. The molecule has 4 heteroatoms. The van der Waals surface area contributed by atoms with Gasteiger partial charge in [-0.05, 0) is 53.2 Å². The summed E-state index contributed by atoms with van der Waals surface area (Å²) in [5.74, 6) is 0.859. The molecule has 0 spiro atoms. The SMILES string of the molecule is CNC(c1cc(Br)c(F)cc1OC)C1CCCC1(C)C. The van der Waals surface area contributed by atoms with Gasteiger partial charge in [-0.15, -0.1) is 0 Å². The maximum absolute atomic E-state index is 13.7. The summed E-state index contributed by atoms with van der Waals surface area (Å²) in [5.41, 5.74) is 1.32. The molecule has 112 valence electrons. The summed E-state index contributed by atoms with van der Waals surface area (Å²) in [4.78, 5) is 0. The van der Waals surface area contributed by atoms with Crippen molar-refractivity contribution in [3.8, 4) is 5.75 Å². The van der Waals surface area contributed by atoms with Crippen LogP contribution < -0.4 is 10.1 Å². The molecule has 1 aliphatic rings. The second-order valence-corrected chi connectivity index (χ2v) is 7.12. The van der Waals surface area contributed by atoms with Crippen molar-refractivity contribution in [3.63, 3.8) is 0 Å². The Balaban J connectivity index is 2.44. The maximum atomic E-state index is 13.7. The third-order valence-electron chi connectivity index (χ3n) is 4.66. The van der Waals surface area contributed by atoms with Crippen LogP contribution in [0.5, 0.6) is 5.75 Å². The minimum atomic E-state index is -0.286. The molecule has 2 rings (SSSR count). The predicted octanol–water partition coefficient (Wildman–Crippen LogP) is 4.68. The van der Waals surface area contributed by atoms with Crippen molar-refractivity contribution < 1.29 is 9.13 Å². The van der Waals surface area contributed by atoms with E-state index in [4.69, 9.17) is 4.74 Å². The molecule has 1 aromatic carbocycles. The van der Waals surface area contributed by atoms with Gasteiger partial charge in [-0.25, -0.2) is 4.39 Å². The average molecular weight is 344 g/mol. The van der Waals surface area contributed by atoms with Gasteiger partial charge < -0.3 is 10.1 Å². The molecule has 0 amide bonds. The molecule has 2 unspecified atom stereocenters. The van der Waals surface area contributed by atoms with Gasteiger partial charge in [-0.3, -0.25) is 0 Å². The van der Waals surface area contributed by atoms with Gasteiger partial charge in [0.2, 0.25) is 0 Å². The summed E-state index contributed by atoms with van der Waals surface area (Å²) in [7, 11) is 3.56. The minimum absolute atomic E-state index is 0.180. The fourth-order valence-electron chi connectivity index (χ4n) is 3.51. The van der Waals surface area contributed by atoms with Crippen LogP contribution in [0.1, 0.15) is 44.7 Å². The lowest BCUT2D eigenvalue weighted by molar-refractivity contribution is 0.201. The van der Waals surface area contributed by atoms with Crippen LogP contribution in [0.2, 0.25) is 0 Å². The highest BCUT2D eigenvalue weighted by atomic mass is 79.9. The molecule has 0 aromatic heterocycles. The summed E-state index contributed by atoms with van der Waals surface area (Å²) < 4.78 is 19.6. The Morgan fingerprint density at radius 2 is 2.15 bits per heavy atom. The van der Waals surface area contributed by atoms with E-state index in [1.54, 1.807) is 7.11 Å². The van der Waals surface area contributed by atoms with E-state index in [-0.39, 0.29) is 11.9 Å². The molecule has 20 heavy (non-hydrogen) atoms. The van der Waals surface area contributed by atoms with Gasteiger partial charge in [-0.2, -0.15) is 0 Å². The van der Waals surface area contributed by atoms with Crippen molar-refractivity contribution in [2.24, 2.45) is 11.3 Å². The molecular weight excluding hydrogens is 321 g/mol.